The fourth-order valence-electron chi connectivity index (χ4n) is 2.09. The summed E-state index contributed by atoms with van der Waals surface area (Å²) in [4.78, 5) is 2.12. The molecule has 1 aromatic carbocycles. The van der Waals surface area contributed by atoms with Crippen LogP contribution in [0.2, 0.25) is 0 Å². The highest BCUT2D eigenvalue weighted by molar-refractivity contribution is 5.20. The van der Waals surface area contributed by atoms with E-state index < -0.39 is 0 Å². The molecule has 0 aliphatic carbocycles. The number of furan rings is 1. The van der Waals surface area contributed by atoms with Gasteiger partial charge in [-0.1, -0.05) is 12.1 Å². The molecule has 2 rings (SSSR count). The summed E-state index contributed by atoms with van der Waals surface area (Å²) >= 11 is 0. The lowest BCUT2D eigenvalue weighted by Crippen LogP contribution is -2.16. The highest BCUT2D eigenvalue weighted by atomic mass is 19.1. The van der Waals surface area contributed by atoms with Gasteiger partial charge in [0.1, 0.15) is 17.3 Å². The third-order valence-electron chi connectivity index (χ3n) is 3.05. The van der Waals surface area contributed by atoms with Crippen LogP contribution in [0.15, 0.2) is 34.7 Å². The summed E-state index contributed by atoms with van der Waals surface area (Å²) in [5, 5.41) is 0. The first-order valence-corrected chi connectivity index (χ1v) is 6.29. The van der Waals surface area contributed by atoms with Crippen LogP contribution < -0.4 is 5.73 Å². The van der Waals surface area contributed by atoms with Crippen molar-refractivity contribution in [1.29, 1.82) is 0 Å². The molecule has 0 atom stereocenters. The van der Waals surface area contributed by atoms with Gasteiger partial charge in [-0.15, -0.1) is 0 Å². The van der Waals surface area contributed by atoms with Crippen LogP contribution in [0.1, 0.15) is 22.6 Å². The number of nitrogens with two attached hydrogens (primary N) is 1. The smallest absolute Gasteiger partial charge is 0.123 e. The van der Waals surface area contributed by atoms with Gasteiger partial charge in [0.15, 0.2) is 0 Å². The Labute approximate surface area is 112 Å². The van der Waals surface area contributed by atoms with Crippen LogP contribution in [-0.2, 0) is 19.6 Å². The van der Waals surface area contributed by atoms with E-state index in [9.17, 15) is 4.39 Å². The Balaban J connectivity index is 1.96. The van der Waals surface area contributed by atoms with Crippen LogP contribution in [0.4, 0.5) is 4.39 Å². The molecule has 0 amide bonds. The maximum Gasteiger partial charge on any atom is 0.123 e. The molecule has 0 saturated carbocycles. The number of rotatable bonds is 5. The Bertz CT molecular complexity index is 534. The number of nitrogens with zero attached hydrogens (tertiary/aromatic N) is 1. The van der Waals surface area contributed by atoms with Gasteiger partial charge in [0.25, 0.3) is 0 Å². The molecule has 0 bridgehead atoms. The molecule has 1 heterocycles. The lowest BCUT2D eigenvalue weighted by molar-refractivity contribution is 0.283. The van der Waals surface area contributed by atoms with Crippen molar-refractivity contribution < 1.29 is 8.81 Å². The Morgan fingerprint density at radius 3 is 2.47 bits per heavy atom. The molecule has 0 radical (unpaired) electrons. The largest absolute Gasteiger partial charge is 0.463 e. The molecule has 19 heavy (non-hydrogen) atoms. The molecule has 0 fully saturated rings. The monoisotopic (exact) mass is 262 g/mol. The molecule has 102 valence electrons. The number of aryl methyl sites for hydroxylation is 1. The predicted molar refractivity (Wildman–Crippen MR) is 72.9 cm³/mol. The average molecular weight is 262 g/mol. The lowest BCUT2D eigenvalue weighted by Gasteiger charge is -2.15. The quantitative estimate of drug-likeness (QED) is 0.901. The van der Waals surface area contributed by atoms with Gasteiger partial charge in [0, 0.05) is 6.54 Å². The first-order chi connectivity index (χ1) is 9.08. The van der Waals surface area contributed by atoms with Gasteiger partial charge >= 0.3 is 0 Å². The molecule has 0 unspecified atom stereocenters. The minimum atomic E-state index is -0.208. The molecule has 0 spiro atoms. The molecule has 1 aromatic heterocycles. The second kappa shape index (κ2) is 5.99. The Hall–Kier alpha value is -1.65. The van der Waals surface area contributed by atoms with Gasteiger partial charge in [-0.25, -0.2) is 4.39 Å². The van der Waals surface area contributed by atoms with Crippen LogP contribution in [0.5, 0.6) is 0 Å². The van der Waals surface area contributed by atoms with E-state index in [0.29, 0.717) is 13.1 Å². The van der Waals surface area contributed by atoms with E-state index in [1.807, 2.05) is 20.0 Å². The van der Waals surface area contributed by atoms with E-state index in [2.05, 4.69) is 4.90 Å². The number of benzene rings is 1. The van der Waals surface area contributed by atoms with Gasteiger partial charge in [-0.3, -0.25) is 4.90 Å². The van der Waals surface area contributed by atoms with E-state index in [-0.39, 0.29) is 5.82 Å². The van der Waals surface area contributed by atoms with Gasteiger partial charge in [-0.05, 0) is 43.3 Å². The summed E-state index contributed by atoms with van der Waals surface area (Å²) in [7, 11) is 2.00. The van der Waals surface area contributed by atoms with E-state index in [4.69, 9.17) is 10.2 Å². The zero-order valence-corrected chi connectivity index (χ0v) is 11.3. The van der Waals surface area contributed by atoms with Crippen LogP contribution in [0, 0.1) is 12.7 Å². The van der Waals surface area contributed by atoms with Crippen molar-refractivity contribution in [2.75, 3.05) is 7.05 Å². The van der Waals surface area contributed by atoms with Crippen molar-refractivity contribution in [3.63, 3.8) is 0 Å². The Morgan fingerprint density at radius 2 is 1.89 bits per heavy atom. The van der Waals surface area contributed by atoms with Gasteiger partial charge in [-0.2, -0.15) is 0 Å². The van der Waals surface area contributed by atoms with Crippen molar-refractivity contribution >= 4 is 0 Å². The standard InChI is InChI=1S/C15H19FN2O/c1-11-7-14(19-15(11)8-17)10-18(2)9-12-3-5-13(16)6-4-12/h3-7H,8-10,17H2,1-2H3. The van der Waals surface area contributed by atoms with Crippen molar-refractivity contribution in [2.45, 2.75) is 26.6 Å². The number of hydrogen-bond donors (Lipinski definition) is 1. The summed E-state index contributed by atoms with van der Waals surface area (Å²) in [6, 6.07) is 8.57. The second-order valence-electron chi connectivity index (χ2n) is 4.82. The summed E-state index contributed by atoms with van der Waals surface area (Å²) in [6.45, 7) is 3.87. The molecule has 0 aliphatic rings. The topological polar surface area (TPSA) is 42.4 Å². The van der Waals surface area contributed by atoms with Crippen molar-refractivity contribution in [1.82, 2.24) is 4.90 Å². The summed E-state index contributed by atoms with van der Waals surface area (Å²) < 4.78 is 18.5. The molecule has 3 nitrogen and oxygen atoms in total. The summed E-state index contributed by atoms with van der Waals surface area (Å²) in [5.41, 5.74) is 7.76. The molecule has 2 aromatic rings. The minimum Gasteiger partial charge on any atom is -0.463 e. The van der Waals surface area contributed by atoms with Crippen LogP contribution in [-0.4, -0.2) is 11.9 Å². The normalized spacial score (nSPS) is 11.2. The van der Waals surface area contributed by atoms with Gasteiger partial charge in [0.05, 0.1) is 13.1 Å². The molecule has 2 N–H and O–H groups in total. The molecule has 0 saturated heterocycles. The lowest BCUT2D eigenvalue weighted by atomic mass is 10.2. The van der Waals surface area contributed by atoms with Crippen molar-refractivity contribution in [3.8, 4) is 0 Å². The van der Waals surface area contributed by atoms with Gasteiger partial charge < -0.3 is 10.2 Å². The maximum absolute atomic E-state index is 12.8. The van der Waals surface area contributed by atoms with E-state index in [1.54, 1.807) is 12.1 Å². The summed E-state index contributed by atoms with van der Waals surface area (Å²) in [6.07, 6.45) is 0. The zero-order chi connectivity index (χ0) is 13.8. The maximum atomic E-state index is 12.8. The fraction of sp³-hybridized carbons (Fsp3) is 0.333. The average Bonchev–Trinajstić information content (AvgIpc) is 2.72. The van der Waals surface area contributed by atoms with Crippen LogP contribution in [0.25, 0.3) is 0 Å². The van der Waals surface area contributed by atoms with E-state index in [0.717, 1.165) is 29.2 Å². The van der Waals surface area contributed by atoms with E-state index >= 15 is 0 Å². The molecular formula is C15H19FN2O. The Kier molecular flexibility index (Phi) is 4.35. The summed E-state index contributed by atoms with van der Waals surface area (Å²) in [5.74, 6) is 1.54. The highest BCUT2D eigenvalue weighted by Gasteiger charge is 2.09. The van der Waals surface area contributed by atoms with Gasteiger partial charge in [0.2, 0.25) is 0 Å². The number of halogens is 1. The minimum absolute atomic E-state index is 0.208. The second-order valence-corrected chi connectivity index (χ2v) is 4.82. The fourth-order valence-corrected chi connectivity index (χ4v) is 2.09. The zero-order valence-electron chi connectivity index (χ0n) is 11.3. The predicted octanol–water partition coefficient (Wildman–Crippen LogP) is 2.82. The van der Waals surface area contributed by atoms with E-state index in [1.165, 1.54) is 12.1 Å². The van der Waals surface area contributed by atoms with Crippen molar-refractivity contribution in [2.24, 2.45) is 5.73 Å². The highest BCUT2D eigenvalue weighted by Crippen LogP contribution is 2.16. The first kappa shape index (κ1) is 13.8. The number of hydrogen-bond acceptors (Lipinski definition) is 3. The van der Waals surface area contributed by atoms with Crippen LogP contribution in [0.3, 0.4) is 0 Å². The third-order valence-corrected chi connectivity index (χ3v) is 3.05. The molecule has 4 heteroatoms. The van der Waals surface area contributed by atoms with Crippen LogP contribution >= 0.6 is 0 Å². The third kappa shape index (κ3) is 3.66. The SMILES string of the molecule is Cc1cc(CN(C)Cc2ccc(F)cc2)oc1CN. The van der Waals surface area contributed by atoms with Crippen molar-refractivity contribution in [3.05, 3.63) is 58.8 Å². The first-order valence-electron chi connectivity index (χ1n) is 6.29. The molecule has 0 aliphatic heterocycles. The Morgan fingerprint density at radius 1 is 1.21 bits per heavy atom. The molecular weight excluding hydrogens is 243 g/mol.